The highest BCUT2D eigenvalue weighted by molar-refractivity contribution is 5.89. The topological polar surface area (TPSA) is 97.8 Å². The van der Waals surface area contributed by atoms with E-state index in [1.807, 2.05) is 19.1 Å². The highest BCUT2D eigenvalue weighted by Gasteiger charge is 2.42. The molecule has 1 aromatic carbocycles. The number of pyridine rings is 1. The molecule has 1 aliphatic carbocycles. The maximum absolute atomic E-state index is 13.6. The molecule has 1 aliphatic heterocycles. The molecule has 2 aromatic rings. The molecule has 1 saturated heterocycles. The van der Waals surface area contributed by atoms with Crippen molar-refractivity contribution in [3.8, 4) is 5.88 Å². The van der Waals surface area contributed by atoms with Crippen LogP contribution in [0.3, 0.4) is 0 Å². The minimum atomic E-state index is -0.969. The summed E-state index contributed by atoms with van der Waals surface area (Å²) in [6.07, 6.45) is 10.6. The number of nitrogens with zero attached hydrogens (tertiary/aromatic N) is 1. The second-order valence-corrected chi connectivity index (χ2v) is 9.84. The molecule has 1 unspecified atom stereocenters. The summed E-state index contributed by atoms with van der Waals surface area (Å²) in [4.78, 5) is 29.2. The molecule has 0 bridgehead atoms. The lowest BCUT2D eigenvalue weighted by Crippen LogP contribution is -2.48. The molecule has 1 aromatic heterocycles. The molecule has 2 fully saturated rings. The number of hydrogen-bond donors (Lipinski definition) is 2. The van der Waals surface area contributed by atoms with Crippen molar-refractivity contribution in [2.45, 2.75) is 69.7 Å². The number of hydrogen-bond acceptors (Lipinski definition) is 5. The van der Waals surface area contributed by atoms with Crippen LogP contribution in [-0.2, 0) is 14.9 Å². The molecule has 0 spiro atoms. The van der Waals surface area contributed by atoms with Crippen molar-refractivity contribution in [2.75, 3.05) is 19.8 Å². The zero-order valence-corrected chi connectivity index (χ0v) is 20.5. The average Bonchev–Trinajstić information content (AvgIpc) is 2.90. The van der Waals surface area contributed by atoms with Crippen LogP contribution < -0.4 is 10.1 Å². The predicted octanol–water partition coefficient (Wildman–Crippen LogP) is 5.05. The Balaban J connectivity index is 1.41. The van der Waals surface area contributed by atoms with Crippen molar-refractivity contribution in [3.63, 3.8) is 0 Å². The van der Waals surface area contributed by atoms with Crippen LogP contribution in [0, 0.1) is 5.92 Å². The molecular formula is C28H36N2O5. The number of aromatic nitrogens is 1. The van der Waals surface area contributed by atoms with Crippen molar-refractivity contribution in [1.29, 1.82) is 0 Å². The Morgan fingerprint density at radius 1 is 1.11 bits per heavy atom. The van der Waals surface area contributed by atoms with Gasteiger partial charge >= 0.3 is 5.97 Å². The van der Waals surface area contributed by atoms with Crippen LogP contribution in [0.15, 0.2) is 42.6 Å². The van der Waals surface area contributed by atoms with Gasteiger partial charge in [-0.25, -0.2) is 9.78 Å². The van der Waals surface area contributed by atoms with Crippen molar-refractivity contribution >= 4 is 11.9 Å². The lowest BCUT2D eigenvalue weighted by Gasteiger charge is -2.37. The summed E-state index contributed by atoms with van der Waals surface area (Å²) in [7, 11) is 0. The zero-order valence-electron chi connectivity index (χ0n) is 20.5. The van der Waals surface area contributed by atoms with Crippen LogP contribution in [0.5, 0.6) is 5.88 Å². The molecule has 4 rings (SSSR count). The van der Waals surface area contributed by atoms with E-state index < -0.39 is 11.4 Å². The maximum atomic E-state index is 13.6. The molecule has 2 aliphatic rings. The minimum absolute atomic E-state index is 0.0663. The number of rotatable bonds is 9. The molecule has 1 atom stereocenters. The van der Waals surface area contributed by atoms with Gasteiger partial charge in [0.2, 0.25) is 11.8 Å². The Labute approximate surface area is 207 Å². The van der Waals surface area contributed by atoms with Crippen LogP contribution in [0.4, 0.5) is 0 Å². The Bertz CT molecular complexity index is 977. The molecule has 1 amide bonds. The number of carboxylic acid groups (broad SMARTS) is 1. The number of carboxylic acids is 1. The number of aromatic carboxylic acids is 1. The van der Waals surface area contributed by atoms with Crippen LogP contribution in [0.25, 0.3) is 0 Å². The van der Waals surface area contributed by atoms with Crippen LogP contribution in [0.2, 0.25) is 0 Å². The molecule has 35 heavy (non-hydrogen) atoms. The van der Waals surface area contributed by atoms with E-state index in [4.69, 9.17) is 14.6 Å². The Kier molecular flexibility index (Phi) is 8.39. The number of ether oxygens (including phenoxy) is 2. The first-order valence-electron chi connectivity index (χ1n) is 12.8. The van der Waals surface area contributed by atoms with E-state index >= 15 is 0 Å². The molecular weight excluding hydrogens is 444 g/mol. The lowest BCUT2D eigenvalue weighted by molar-refractivity contribution is -0.131. The predicted molar refractivity (Wildman–Crippen MR) is 133 cm³/mol. The standard InChI is InChI=1S/C28H36N2O5/c1-20(22-7-9-23(10-8-22)26(31)32)30-27(33)28(14-17-34-18-15-28)24-11-12-25(29-19-24)35-16-13-21-5-3-2-4-6-21/h7-12,19-21H,2-6,13-18H2,1H3,(H,30,33)(H,31,32). The van der Waals surface area contributed by atoms with Gasteiger partial charge in [0.15, 0.2) is 0 Å². The fraction of sp³-hybridized carbons (Fsp3) is 0.536. The Morgan fingerprint density at radius 2 is 1.83 bits per heavy atom. The van der Waals surface area contributed by atoms with E-state index in [1.165, 1.54) is 32.1 Å². The van der Waals surface area contributed by atoms with Gasteiger partial charge in [-0.05, 0) is 55.4 Å². The lowest BCUT2D eigenvalue weighted by atomic mass is 9.73. The van der Waals surface area contributed by atoms with E-state index in [-0.39, 0.29) is 17.5 Å². The van der Waals surface area contributed by atoms with Gasteiger partial charge < -0.3 is 19.9 Å². The van der Waals surface area contributed by atoms with E-state index in [1.54, 1.807) is 30.5 Å². The third-order valence-corrected chi connectivity index (χ3v) is 7.58. The second-order valence-electron chi connectivity index (χ2n) is 9.84. The molecule has 7 heteroatoms. The van der Waals surface area contributed by atoms with E-state index in [2.05, 4.69) is 10.3 Å². The SMILES string of the molecule is CC(NC(=O)C1(c2ccc(OCCC3CCCCC3)nc2)CCOCC1)c1ccc(C(=O)O)cc1. The zero-order chi connectivity index (χ0) is 24.7. The number of amides is 1. The number of carbonyl (C=O) groups excluding carboxylic acids is 1. The fourth-order valence-corrected chi connectivity index (χ4v) is 5.25. The second kappa shape index (κ2) is 11.7. The van der Waals surface area contributed by atoms with Crippen LogP contribution >= 0.6 is 0 Å². The van der Waals surface area contributed by atoms with E-state index in [0.717, 1.165) is 23.5 Å². The maximum Gasteiger partial charge on any atom is 0.335 e. The Morgan fingerprint density at radius 3 is 2.46 bits per heavy atom. The number of nitrogens with one attached hydrogen (secondary N) is 1. The van der Waals surface area contributed by atoms with Gasteiger partial charge in [0.1, 0.15) is 0 Å². The first-order chi connectivity index (χ1) is 17.0. The average molecular weight is 481 g/mol. The third kappa shape index (κ3) is 6.20. The van der Waals surface area contributed by atoms with Gasteiger partial charge in [0.25, 0.3) is 0 Å². The van der Waals surface area contributed by atoms with Gasteiger partial charge in [-0.3, -0.25) is 4.79 Å². The summed E-state index contributed by atoms with van der Waals surface area (Å²) >= 11 is 0. The smallest absolute Gasteiger partial charge is 0.335 e. The largest absolute Gasteiger partial charge is 0.478 e. The van der Waals surface area contributed by atoms with Crippen molar-refractivity contribution < 1.29 is 24.2 Å². The molecule has 2 N–H and O–H groups in total. The van der Waals surface area contributed by atoms with Crippen molar-refractivity contribution in [3.05, 3.63) is 59.3 Å². The summed E-state index contributed by atoms with van der Waals surface area (Å²) in [6.45, 7) is 3.60. The summed E-state index contributed by atoms with van der Waals surface area (Å²) in [5, 5.41) is 12.3. The first kappa shape index (κ1) is 25.2. The van der Waals surface area contributed by atoms with Gasteiger partial charge in [0.05, 0.1) is 23.6 Å². The monoisotopic (exact) mass is 480 g/mol. The quantitative estimate of drug-likeness (QED) is 0.521. The summed E-state index contributed by atoms with van der Waals surface area (Å²) < 4.78 is 11.5. The fourth-order valence-electron chi connectivity index (χ4n) is 5.25. The van der Waals surface area contributed by atoms with Crippen LogP contribution in [0.1, 0.15) is 85.8 Å². The molecule has 1 saturated carbocycles. The van der Waals surface area contributed by atoms with Gasteiger partial charge in [0, 0.05) is 25.5 Å². The number of benzene rings is 1. The van der Waals surface area contributed by atoms with Crippen LogP contribution in [-0.4, -0.2) is 41.8 Å². The molecule has 2 heterocycles. The normalized spacial score (nSPS) is 19.0. The minimum Gasteiger partial charge on any atom is -0.478 e. The summed E-state index contributed by atoms with van der Waals surface area (Å²) in [6, 6.07) is 10.2. The first-order valence-corrected chi connectivity index (χ1v) is 12.8. The van der Waals surface area contributed by atoms with Crippen molar-refractivity contribution in [1.82, 2.24) is 10.3 Å². The van der Waals surface area contributed by atoms with E-state index in [0.29, 0.717) is 38.5 Å². The van der Waals surface area contributed by atoms with Crippen molar-refractivity contribution in [2.24, 2.45) is 5.92 Å². The molecule has 0 radical (unpaired) electrons. The summed E-state index contributed by atoms with van der Waals surface area (Å²) in [5.74, 6) is 0.324. The van der Waals surface area contributed by atoms with E-state index in [9.17, 15) is 9.59 Å². The molecule has 7 nitrogen and oxygen atoms in total. The number of carbonyl (C=O) groups is 2. The van der Waals surface area contributed by atoms with Gasteiger partial charge in [-0.1, -0.05) is 50.3 Å². The third-order valence-electron chi connectivity index (χ3n) is 7.58. The summed E-state index contributed by atoms with van der Waals surface area (Å²) in [5.41, 5.74) is 1.22. The Hall–Kier alpha value is -2.93. The van der Waals surface area contributed by atoms with Gasteiger partial charge in [-0.2, -0.15) is 0 Å². The highest BCUT2D eigenvalue weighted by atomic mass is 16.5. The molecule has 188 valence electrons. The van der Waals surface area contributed by atoms with Gasteiger partial charge in [-0.15, -0.1) is 0 Å². The highest BCUT2D eigenvalue weighted by Crippen LogP contribution is 2.36.